The van der Waals surface area contributed by atoms with Crippen LogP contribution < -0.4 is 0 Å². The summed E-state index contributed by atoms with van der Waals surface area (Å²) >= 11 is 4.54. The van der Waals surface area contributed by atoms with Crippen LogP contribution in [0, 0.1) is 5.41 Å². The largest absolute Gasteiger partial charge is 0.389 e. The molecule has 0 amide bonds. The van der Waals surface area contributed by atoms with Crippen molar-refractivity contribution >= 4 is 12.6 Å². The summed E-state index contributed by atoms with van der Waals surface area (Å²) in [5.74, 6) is 0.956. The quantitative estimate of drug-likeness (QED) is 0.686. The predicted octanol–water partition coefficient (Wildman–Crippen LogP) is 1.81. The van der Waals surface area contributed by atoms with Crippen LogP contribution in [0.1, 0.15) is 32.1 Å². The van der Waals surface area contributed by atoms with Crippen LogP contribution in [0.2, 0.25) is 0 Å². The van der Waals surface area contributed by atoms with E-state index in [4.69, 9.17) is 4.74 Å². The van der Waals surface area contributed by atoms with Crippen LogP contribution in [0.3, 0.4) is 0 Å². The van der Waals surface area contributed by atoms with E-state index in [2.05, 4.69) is 24.6 Å². The number of nitrogens with zero attached hydrogens (tertiary/aromatic N) is 1. The number of aliphatic hydroxyl groups is 1. The third-order valence-electron chi connectivity index (χ3n) is 3.74. The van der Waals surface area contributed by atoms with Crippen LogP contribution in [-0.4, -0.2) is 55.7 Å². The van der Waals surface area contributed by atoms with Crippen molar-refractivity contribution in [3.63, 3.8) is 0 Å². The number of thiol groups is 1. The van der Waals surface area contributed by atoms with Gasteiger partial charge in [-0.05, 0) is 31.1 Å². The molecule has 1 fully saturated rings. The lowest BCUT2D eigenvalue weighted by Crippen LogP contribution is -2.42. The second kappa shape index (κ2) is 7.62. The number of methoxy groups -OCH3 is 1. The van der Waals surface area contributed by atoms with E-state index in [0.717, 1.165) is 12.3 Å². The van der Waals surface area contributed by atoms with Crippen molar-refractivity contribution in [3.8, 4) is 0 Å². The Morgan fingerprint density at radius 3 is 2.53 bits per heavy atom. The Balaban J connectivity index is 2.38. The van der Waals surface area contributed by atoms with E-state index in [1.165, 1.54) is 32.1 Å². The molecule has 1 N–H and O–H groups in total. The summed E-state index contributed by atoms with van der Waals surface area (Å²) < 4.78 is 4.95. The van der Waals surface area contributed by atoms with Crippen molar-refractivity contribution in [2.24, 2.45) is 5.41 Å². The van der Waals surface area contributed by atoms with E-state index >= 15 is 0 Å². The highest BCUT2D eigenvalue weighted by Crippen LogP contribution is 2.37. The number of rotatable bonds is 7. The number of hydrogen-bond donors (Lipinski definition) is 2. The van der Waals surface area contributed by atoms with Crippen LogP contribution in [0.4, 0.5) is 0 Å². The maximum absolute atomic E-state index is 9.72. The zero-order chi connectivity index (χ0) is 12.7. The number of ether oxygens (including phenoxy) is 1. The molecule has 0 saturated heterocycles. The molecule has 0 aromatic carbocycles. The van der Waals surface area contributed by atoms with Gasteiger partial charge in [-0.25, -0.2) is 0 Å². The Morgan fingerprint density at radius 2 is 2.00 bits per heavy atom. The first-order valence-corrected chi connectivity index (χ1v) is 7.21. The Hall–Kier alpha value is 0.230. The predicted molar refractivity (Wildman–Crippen MR) is 74.8 cm³/mol. The molecule has 1 atom stereocenters. The summed E-state index contributed by atoms with van der Waals surface area (Å²) in [5.41, 5.74) is 0.364. The van der Waals surface area contributed by atoms with Crippen LogP contribution in [-0.2, 0) is 4.74 Å². The molecule has 1 aliphatic carbocycles. The van der Waals surface area contributed by atoms with Crippen molar-refractivity contribution in [3.05, 3.63) is 0 Å². The van der Waals surface area contributed by atoms with Gasteiger partial charge in [-0.15, -0.1) is 0 Å². The van der Waals surface area contributed by atoms with Gasteiger partial charge in [-0.2, -0.15) is 12.6 Å². The molecule has 0 radical (unpaired) electrons. The molecule has 0 aliphatic heterocycles. The van der Waals surface area contributed by atoms with Crippen LogP contribution in [0.15, 0.2) is 0 Å². The molecule has 1 aliphatic rings. The molecular formula is C13H27NO2S. The molecule has 0 spiro atoms. The maximum atomic E-state index is 9.72. The van der Waals surface area contributed by atoms with Gasteiger partial charge in [-0.1, -0.05) is 19.3 Å². The normalized spacial score (nSPS) is 21.7. The van der Waals surface area contributed by atoms with E-state index in [0.29, 0.717) is 18.6 Å². The van der Waals surface area contributed by atoms with E-state index in [1.807, 2.05) is 0 Å². The summed E-state index contributed by atoms with van der Waals surface area (Å²) in [5, 5.41) is 9.72. The minimum Gasteiger partial charge on any atom is -0.389 e. The second-order valence-corrected chi connectivity index (χ2v) is 5.84. The third-order valence-corrected chi connectivity index (χ3v) is 4.41. The molecule has 3 nitrogen and oxygen atoms in total. The molecule has 4 heteroatoms. The Kier molecular flexibility index (Phi) is 6.85. The maximum Gasteiger partial charge on any atom is 0.0899 e. The summed E-state index contributed by atoms with van der Waals surface area (Å²) in [6.45, 7) is 2.14. The average molecular weight is 261 g/mol. The Morgan fingerprint density at radius 1 is 1.35 bits per heavy atom. The van der Waals surface area contributed by atoms with E-state index in [1.54, 1.807) is 7.11 Å². The lowest BCUT2D eigenvalue weighted by molar-refractivity contribution is 0.0313. The zero-order valence-electron chi connectivity index (χ0n) is 11.2. The molecule has 102 valence electrons. The van der Waals surface area contributed by atoms with Gasteiger partial charge in [0.05, 0.1) is 12.7 Å². The Labute approximate surface area is 111 Å². The van der Waals surface area contributed by atoms with E-state index in [-0.39, 0.29) is 6.10 Å². The van der Waals surface area contributed by atoms with Crippen molar-refractivity contribution < 1.29 is 9.84 Å². The second-order valence-electron chi connectivity index (χ2n) is 5.52. The highest BCUT2D eigenvalue weighted by molar-refractivity contribution is 7.80. The number of likely N-dealkylation sites (N-methyl/N-ethyl adjacent to an activating group) is 1. The average Bonchev–Trinajstić information content (AvgIpc) is 2.30. The van der Waals surface area contributed by atoms with E-state index in [9.17, 15) is 5.11 Å². The standard InChI is InChI=1S/C13H27NO2S/c1-14(8-12(15)9-16-2)10-13(11-17)6-4-3-5-7-13/h12,15,17H,3-11H2,1-2H3. The van der Waals surface area contributed by atoms with Gasteiger partial charge < -0.3 is 14.7 Å². The number of aliphatic hydroxyl groups excluding tert-OH is 1. The monoisotopic (exact) mass is 261 g/mol. The van der Waals surface area contributed by atoms with E-state index < -0.39 is 0 Å². The van der Waals surface area contributed by atoms with Gasteiger partial charge in [0.15, 0.2) is 0 Å². The molecule has 0 bridgehead atoms. The SMILES string of the molecule is COCC(O)CN(C)CC1(CS)CCCCC1. The van der Waals surface area contributed by atoms with Crippen LogP contribution in [0.25, 0.3) is 0 Å². The van der Waals surface area contributed by atoms with Gasteiger partial charge in [0, 0.05) is 20.2 Å². The minimum absolute atomic E-state index is 0.364. The minimum atomic E-state index is -0.384. The fourth-order valence-electron chi connectivity index (χ4n) is 2.91. The summed E-state index contributed by atoms with van der Waals surface area (Å²) in [7, 11) is 3.71. The highest BCUT2D eigenvalue weighted by Gasteiger charge is 2.32. The molecule has 1 unspecified atom stereocenters. The molecule has 17 heavy (non-hydrogen) atoms. The fourth-order valence-corrected chi connectivity index (χ4v) is 3.33. The molecular weight excluding hydrogens is 234 g/mol. The van der Waals surface area contributed by atoms with Gasteiger partial charge in [0.25, 0.3) is 0 Å². The van der Waals surface area contributed by atoms with Gasteiger partial charge in [-0.3, -0.25) is 0 Å². The topological polar surface area (TPSA) is 32.7 Å². The Bertz CT molecular complexity index is 208. The van der Waals surface area contributed by atoms with Gasteiger partial charge in [0.2, 0.25) is 0 Å². The van der Waals surface area contributed by atoms with Crippen molar-refractivity contribution in [2.45, 2.75) is 38.2 Å². The highest BCUT2D eigenvalue weighted by atomic mass is 32.1. The first-order valence-electron chi connectivity index (χ1n) is 6.58. The molecule has 1 rings (SSSR count). The third kappa shape index (κ3) is 5.16. The summed E-state index contributed by atoms with van der Waals surface area (Å²) in [6.07, 6.45) is 6.20. The fraction of sp³-hybridized carbons (Fsp3) is 1.00. The van der Waals surface area contributed by atoms with Gasteiger partial charge >= 0.3 is 0 Å². The zero-order valence-corrected chi connectivity index (χ0v) is 12.1. The molecule has 0 heterocycles. The molecule has 0 aromatic heterocycles. The molecule has 0 aromatic rings. The smallest absolute Gasteiger partial charge is 0.0899 e. The first-order chi connectivity index (χ1) is 8.12. The number of hydrogen-bond acceptors (Lipinski definition) is 4. The summed E-state index contributed by atoms with van der Waals surface area (Å²) in [6, 6.07) is 0. The van der Waals surface area contributed by atoms with Crippen molar-refractivity contribution in [2.75, 3.05) is 39.6 Å². The lowest BCUT2D eigenvalue weighted by atomic mass is 9.75. The van der Waals surface area contributed by atoms with Crippen LogP contribution in [0.5, 0.6) is 0 Å². The lowest BCUT2D eigenvalue weighted by Gasteiger charge is -2.39. The van der Waals surface area contributed by atoms with Crippen LogP contribution >= 0.6 is 12.6 Å². The molecule has 1 saturated carbocycles. The first kappa shape index (κ1) is 15.3. The summed E-state index contributed by atoms with van der Waals surface area (Å²) in [4.78, 5) is 2.23. The van der Waals surface area contributed by atoms with Crippen molar-refractivity contribution in [1.82, 2.24) is 4.90 Å². The van der Waals surface area contributed by atoms with Gasteiger partial charge in [0.1, 0.15) is 0 Å². The van der Waals surface area contributed by atoms with Crippen molar-refractivity contribution in [1.29, 1.82) is 0 Å².